The lowest BCUT2D eigenvalue weighted by Crippen LogP contribution is -2.60. The molecule has 1 unspecified atom stereocenters. The van der Waals surface area contributed by atoms with Gasteiger partial charge in [0.15, 0.2) is 5.66 Å². The fourth-order valence-electron chi connectivity index (χ4n) is 4.64. The summed E-state index contributed by atoms with van der Waals surface area (Å²) in [7, 11) is 1.61. The third kappa shape index (κ3) is 2.43. The largest absolute Gasteiger partial charge is 0.497 e. The van der Waals surface area contributed by atoms with E-state index in [0.717, 1.165) is 5.56 Å². The summed E-state index contributed by atoms with van der Waals surface area (Å²) in [5, 5.41) is 3.97. The molecule has 5 rings (SSSR count). The second kappa shape index (κ2) is 6.76. The quantitative estimate of drug-likeness (QED) is 0.665. The smallest absolute Gasteiger partial charge is 0.272 e. The Hall–Kier alpha value is -3.55. The van der Waals surface area contributed by atoms with Gasteiger partial charge in [0, 0.05) is 24.8 Å². The van der Waals surface area contributed by atoms with E-state index in [1.165, 1.54) is 6.26 Å². The van der Waals surface area contributed by atoms with Crippen LogP contribution in [0, 0.1) is 0 Å². The lowest BCUT2D eigenvalue weighted by molar-refractivity contribution is -0.00599. The van der Waals surface area contributed by atoms with Gasteiger partial charge < -0.3 is 23.6 Å². The average molecular weight is 406 g/mol. The number of rotatable bonds is 4. The van der Waals surface area contributed by atoms with E-state index in [9.17, 15) is 9.59 Å². The summed E-state index contributed by atoms with van der Waals surface area (Å²) in [5.74, 6) is 0.446. The Morgan fingerprint density at radius 2 is 2.03 bits per heavy atom. The fourth-order valence-corrected chi connectivity index (χ4v) is 4.64. The van der Waals surface area contributed by atoms with Crippen LogP contribution in [0.3, 0.4) is 0 Å². The molecule has 0 bridgehead atoms. The van der Waals surface area contributed by atoms with E-state index in [4.69, 9.17) is 9.26 Å². The monoisotopic (exact) mass is 406 g/mol. The maximum absolute atomic E-state index is 13.7. The minimum atomic E-state index is -0.936. The SMILES string of the molecule is CCc1nocc1C(=O)N1CCN2C(=O)c3cccn3CC12c1ccc(OC)cc1. The minimum absolute atomic E-state index is 0.0848. The van der Waals surface area contributed by atoms with Gasteiger partial charge in [-0.3, -0.25) is 9.59 Å². The molecule has 1 fully saturated rings. The second-order valence-corrected chi connectivity index (χ2v) is 7.51. The van der Waals surface area contributed by atoms with E-state index in [1.54, 1.807) is 16.9 Å². The number of aryl methyl sites for hydroxylation is 1. The standard InChI is InChI=1S/C22H22N4O4/c1-3-18-17(13-30-23-18)20(27)25-11-12-26-21(28)19-5-4-10-24(19)14-22(25,26)15-6-8-16(29-2)9-7-15/h4-10,13H,3,11-12,14H2,1-2H3. The van der Waals surface area contributed by atoms with E-state index in [-0.39, 0.29) is 11.8 Å². The minimum Gasteiger partial charge on any atom is -0.497 e. The predicted octanol–water partition coefficient (Wildman–Crippen LogP) is 2.51. The highest BCUT2D eigenvalue weighted by Crippen LogP contribution is 2.44. The summed E-state index contributed by atoms with van der Waals surface area (Å²) in [4.78, 5) is 30.6. The first-order chi connectivity index (χ1) is 14.6. The molecule has 1 atom stereocenters. The summed E-state index contributed by atoms with van der Waals surface area (Å²) in [6, 6.07) is 11.2. The normalized spacial score (nSPS) is 20.3. The number of fused-ring (bicyclic) bond motifs is 2. The highest BCUT2D eigenvalue weighted by atomic mass is 16.5. The number of amides is 2. The molecule has 0 aliphatic carbocycles. The number of methoxy groups -OCH3 is 1. The Morgan fingerprint density at radius 1 is 1.23 bits per heavy atom. The third-order valence-corrected chi connectivity index (χ3v) is 6.13. The molecule has 4 heterocycles. The van der Waals surface area contributed by atoms with Gasteiger partial charge >= 0.3 is 0 Å². The maximum atomic E-state index is 13.7. The molecule has 2 aliphatic heterocycles. The first-order valence-corrected chi connectivity index (χ1v) is 9.97. The third-order valence-electron chi connectivity index (χ3n) is 6.13. The van der Waals surface area contributed by atoms with Crippen LogP contribution in [-0.2, 0) is 18.6 Å². The van der Waals surface area contributed by atoms with Crippen LogP contribution in [0.15, 0.2) is 53.4 Å². The molecule has 2 aliphatic rings. The van der Waals surface area contributed by atoms with E-state index in [1.807, 2.05) is 54.1 Å². The van der Waals surface area contributed by atoms with Crippen LogP contribution in [0.4, 0.5) is 0 Å². The highest BCUT2D eigenvalue weighted by Gasteiger charge is 2.56. The lowest BCUT2D eigenvalue weighted by atomic mass is 9.93. The average Bonchev–Trinajstić information content (AvgIpc) is 3.51. The molecule has 30 heavy (non-hydrogen) atoms. The van der Waals surface area contributed by atoms with Crippen molar-refractivity contribution >= 4 is 11.8 Å². The molecule has 0 saturated carbocycles. The lowest BCUT2D eigenvalue weighted by Gasteiger charge is -2.47. The fraction of sp³-hybridized carbons (Fsp3) is 0.318. The Labute approximate surface area is 173 Å². The number of carbonyl (C=O) groups is 2. The van der Waals surface area contributed by atoms with Crippen molar-refractivity contribution in [3.63, 3.8) is 0 Å². The first-order valence-electron chi connectivity index (χ1n) is 9.97. The molecule has 0 N–H and O–H groups in total. The van der Waals surface area contributed by atoms with Gasteiger partial charge in [-0.15, -0.1) is 0 Å². The van der Waals surface area contributed by atoms with Gasteiger partial charge in [-0.2, -0.15) is 0 Å². The van der Waals surface area contributed by atoms with Crippen molar-refractivity contribution in [1.29, 1.82) is 0 Å². The zero-order chi connectivity index (χ0) is 20.9. The van der Waals surface area contributed by atoms with Crippen molar-refractivity contribution in [1.82, 2.24) is 19.5 Å². The number of hydrogen-bond donors (Lipinski definition) is 0. The van der Waals surface area contributed by atoms with Crippen molar-refractivity contribution < 1.29 is 18.8 Å². The van der Waals surface area contributed by atoms with Crippen molar-refractivity contribution in [2.24, 2.45) is 0 Å². The summed E-state index contributed by atoms with van der Waals surface area (Å²) < 4.78 is 12.3. The van der Waals surface area contributed by atoms with Crippen LogP contribution in [0.1, 0.15) is 39.0 Å². The zero-order valence-electron chi connectivity index (χ0n) is 16.9. The number of aromatic nitrogens is 2. The second-order valence-electron chi connectivity index (χ2n) is 7.51. The number of carbonyl (C=O) groups excluding carboxylic acids is 2. The molecule has 154 valence electrons. The molecule has 3 aromatic rings. The molecule has 1 aromatic carbocycles. The van der Waals surface area contributed by atoms with Crippen LogP contribution in [0.5, 0.6) is 5.75 Å². The van der Waals surface area contributed by atoms with Gasteiger partial charge in [0.05, 0.1) is 19.3 Å². The first kappa shape index (κ1) is 18.5. The van der Waals surface area contributed by atoms with Gasteiger partial charge in [-0.1, -0.05) is 24.2 Å². The summed E-state index contributed by atoms with van der Waals surface area (Å²) in [6.45, 7) is 3.26. The van der Waals surface area contributed by atoms with E-state index >= 15 is 0 Å². The molecular formula is C22H22N4O4. The summed E-state index contributed by atoms with van der Waals surface area (Å²) in [6.07, 6.45) is 3.87. The molecule has 0 radical (unpaired) electrons. The highest BCUT2D eigenvalue weighted by molar-refractivity contribution is 5.98. The number of benzene rings is 1. The molecule has 0 spiro atoms. The van der Waals surface area contributed by atoms with Gasteiger partial charge in [0.25, 0.3) is 11.8 Å². The molecule has 8 nitrogen and oxygen atoms in total. The molecule has 2 amide bonds. The van der Waals surface area contributed by atoms with Gasteiger partial charge in [-0.05, 0) is 30.7 Å². The number of nitrogens with zero attached hydrogens (tertiary/aromatic N) is 4. The predicted molar refractivity (Wildman–Crippen MR) is 107 cm³/mol. The van der Waals surface area contributed by atoms with E-state index < -0.39 is 5.66 Å². The maximum Gasteiger partial charge on any atom is 0.272 e. The van der Waals surface area contributed by atoms with Gasteiger partial charge in [-0.25, -0.2) is 0 Å². The van der Waals surface area contributed by atoms with Crippen molar-refractivity contribution in [2.75, 3.05) is 20.2 Å². The van der Waals surface area contributed by atoms with Crippen LogP contribution in [0.25, 0.3) is 0 Å². The Morgan fingerprint density at radius 3 is 2.77 bits per heavy atom. The molecule has 8 heteroatoms. The van der Waals surface area contributed by atoms with Crippen molar-refractivity contribution in [3.05, 3.63) is 71.4 Å². The van der Waals surface area contributed by atoms with E-state index in [2.05, 4.69) is 5.16 Å². The summed E-state index contributed by atoms with van der Waals surface area (Å²) >= 11 is 0. The van der Waals surface area contributed by atoms with Gasteiger partial charge in [0.1, 0.15) is 23.3 Å². The van der Waals surface area contributed by atoms with Crippen LogP contribution >= 0.6 is 0 Å². The van der Waals surface area contributed by atoms with Crippen LogP contribution in [-0.4, -0.2) is 51.5 Å². The molecule has 1 saturated heterocycles. The molecule has 2 aromatic heterocycles. The number of ether oxygens (including phenoxy) is 1. The number of hydrogen-bond acceptors (Lipinski definition) is 5. The Bertz CT molecular complexity index is 1120. The van der Waals surface area contributed by atoms with Crippen LogP contribution in [0.2, 0.25) is 0 Å². The van der Waals surface area contributed by atoms with Crippen molar-refractivity contribution in [3.8, 4) is 5.75 Å². The summed E-state index contributed by atoms with van der Waals surface area (Å²) in [5.41, 5.74) is 1.61. The Kier molecular flexibility index (Phi) is 4.16. The van der Waals surface area contributed by atoms with Gasteiger partial charge in [0.2, 0.25) is 0 Å². The Balaban J connectivity index is 1.67. The molecular weight excluding hydrogens is 384 g/mol. The van der Waals surface area contributed by atoms with E-state index in [0.29, 0.717) is 48.8 Å². The van der Waals surface area contributed by atoms with Crippen LogP contribution < -0.4 is 4.74 Å². The zero-order valence-corrected chi connectivity index (χ0v) is 16.9. The topological polar surface area (TPSA) is 80.8 Å². The van der Waals surface area contributed by atoms with Crippen molar-refractivity contribution in [2.45, 2.75) is 25.6 Å².